The van der Waals surface area contributed by atoms with E-state index in [0.29, 0.717) is 17.4 Å². The van der Waals surface area contributed by atoms with E-state index in [4.69, 9.17) is 18.5 Å². The van der Waals surface area contributed by atoms with Crippen molar-refractivity contribution >= 4 is 19.8 Å². The fourth-order valence-corrected chi connectivity index (χ4v) is 8.03. The number of quaternary nitrogens is 1. The number of esters is 2. The first-order chi connectivity index (χ1) is 29.0. The van der Waals surface area contributed by atoms with Gasteiger partial charge in [0.2, 0.25) is 0 Å². The molecule has 0 saturated heterocycles. The second kappa shape index (κ2) is 43.0. The number of rotatable bonds is 47. The van der Waals surface area contributed by atoms with E-state index in [1.807, 2.05) is 21.1 Å². The molecule has 10 heteroatoms. The van der Waals surface area contributed by atoms with Crippen molar-refractivity contribution in [2.75, 3.05) is 47.5 Å². The van der Waals surface area contributed by atoms with Crippen LogP contribution in [0.1, 0.15) is 245 Å². The summed E-state index contributed by atoms with van der Waals surface area (Å²) in [7, 11) is 1.18. The molecule has 0 N–H and O–H groups in total. The lowest BCUT2D eigenvalue weighted by atomic mass is 10.0. The first kappa shape index (κ1) is 58.8. The summed E-state index contributed by atoms with van der Waals surface area (Å²) in [5.41, 5.74) is 0. The van der Waals surface area contributed by atoms with E-state index in [2.05, 4.69) is 26.0 Å². The van der Waals surface area contributed by atoms with Crippen LogP contribution in [-0.4, -0.2) is 70.0 Å². The average molecular weight is 872 g/mol. The molecule has 0 amide bonds. The molecular weight excluding hydrogens is 774 g/mol. The summed E-state index contributed by atoms with van der Waals surface area (Å²) >= 11 is 0. The molecule has 0 rings (SSSR count). The van der Waals surface area contributed by atoms with Crippen molar-refractivity contribution in [2.24, 2.45) is 0 Å². The molecule has 0 bridgehead atoms. The van der Waals surface area contributed by atoms with Gasteiger partial charge in [0.05, 0.1) is 27.7 Å². The first-order valence-electron chi connectivity index (χ1n) is 25.4. The maximum absolute atomic E-state index is 12.7. The summed E-state index contributed by atoms with van der Waals surface area (Å²) in [6, 6.07) is 0. The molecule has 0 aromatic heterocycles. The molecule has 9 nitrogen and oxygen atoms in total. The maximum Gasteiger partial charge on any atom is 0.306 e. The Morgan fingerprint density at radius 2 is 0.850 bits per heavy atom. The van der Waals surface area contributed by atoms with Crippen LogP contribution in [0.3, 0.4) is 0 Å². The molecule has 0 aromatic rings. The largest absolute Gasteiger partial charge is 0.756 e. The van der Waals surface area contributed by atoms with E-state index in [-0.39, 0.29) is 32.0 Å². The summed E-state index contributed by atoms with van der Waals surface area (Å²) in [6.07, 6.45) is 46.6. The zero-order valence-electron chi connectivity index (χ0n) is 40.2. The van der Waals surface area contributed by atoms with Gasteiger partial charge in [0.15, 0.2) is 6.10 Å². The number of nitrogens with zero attached hydrogens (tertiary/aromatic N) is 1. The van der Waals surface area contributed by atoms with Gasteiger partial charge in [0, 0.05) is 12.8 Å². The summed E-state index contributed by atoms with van der Waals surface area (Å²) in [5, 5.41) is 0. The van der Waals surface area contributed by atoms with E-state index in [0.717, 1.165) is 32.1 Å². The van der Waals surface area contributed by atoms with Crippen molar-refractivity contribution in [3.8, 4) is 0 Å². The molecule has 0 heterocycles. The second-order valence-corrected chi connectivity index (χ2v) is 20.0. The zero-order valence-corrected chi connectivity index (χ0v) is 41.1. The third-order valence-corrected chi connectivity index (χ3v) is 12.2. The number of carbonyl (C=O) groups is 2. The number of hydrogen-bond acceptors (Lipinski definition) is 8. The maximum atomic E-state index is 12.7. The highest BCUT2D eigenvalue weighted by Gasteiger charge is 2.21. The Kier molecular flexibility index (Phi) is 42.1. The van der Waals surface area contributed by atoms with Gasteiger partial charge in [-0.15, -0.1) is 0 Å². The molecule has 0 aliphatic rings. The minimum Gasteiger partial charge on any atom is -0.756 e. The van der Waals surface area contributed by atoms with Gasteiger partial charge in [0.25, 0.3) is 7.82 Å². The highest BCUT2D eigenvalue weighted by molar-refractivity contribution is 7.45. The van der Waals surface area contributed by atoms with Gasteiger partial charge in [0.1, 0.15) is 19.8 Å². The predicted octanol–water partition coefficient (Wildman–Crippen LogP) is 14.3. The van der Waals surface area contributed by atoms with Crippen molar-refractivity contribution < 1.29 is 42.1 Å². The minimum absolute atomic E-state index is 0.0275. The van der Waals surface area contributed by atoms with Crippen molar-refractivity contribution in [2.45, 2.75) is 251 Å². The molecule has 0 aliphatic heterocycles. The summed E-state index contributed by atoms with van der Waals surface area (Å²) < 4.78 is 34.0. The van der Waals surface area contributed by atoms with Crippen molar-refractivity contribution in [3.05, 3.63) is 12.2 Å². The molecule has 0 spiro atoms. The van der Waals surface area contributed by atoms with Crippen LogP contribution >= 0.6 is 7.82 Å². The smallest absolute Gasteiger partial charge is 0.306 e. The van der Waals surface area contributed by atoms with Gasteiger partial charge in [-0.1, -0.05) is 206 Å². The quantitative estimate of drug-likeness (QED) is 0.0195. The number of allylic oxidation sites excluding steroid dienone is 2. The molecule has 2 atom stereocenters. The van der Waals surface area contributed by atoms with E-state index < -0.39 is 26.5 Å². The molecular formula is C50H98NO8P. The third-order valence-electron chi connectivity index (χ3n) is 11.3. The lowest BCUT2D eigenvalue weighted by molar-refractivity contribution is -0.870. The number of likely N-dealkylation sites (N-methyl/N-ethyl adjacent to an activating group) is 1. The van der Waals surface area contributed by atoms with E-state index in [1.165, 1.54) is 180 Å². The van der Waals surface area contributed by atoms with Crippen molar-refractivity contribution in [1.29, 1.82) is 0 Å². The number of ether oxygens (including phenoxy) is 2. The second-order valence-electron chi connectivity index (χ2n) is 18.5. The summed E-state index contributed by atoms with van der Waals surface area (Å²) in [6.45, 7) is 4.26. The van der Waals surface area contributed by atoms with Crippen LogP contribution < -0.4 is 4.89 Å². The predicted molar refractivity (Wildman–Crippen MR) is 250 cm³/mol. The first-order valence-corrected chi connectivity index (χ1v) is 26.9. The van der Waals surface area contributed by atoms with E-state index in [1.54, 1.807) is 0 Å². The van der Waals surface area contributed by atoms with Crippen LogP contribution in [0.15, 0.2) is 12.2 Å². The molecule has 0 fully saturated rings. The number of unbranched alkanes of at least 4 members (excludes halogenated alkanes) is 31. The van der Waals surface area contributed by atoms with Crippen LogP contribution in [0.4, 0.5) is 0 Å². The third kappa shape index (κ3) is 46.3. The molecule has 0 aliphatic carbocycles. The molecule has 0 saturated carbocycles. The molecule has 356 valence electrons. The average Bonchev–Trinajstić information content (AvgIpc) is 3.20. The number of hydrogen-bond donors (Lipinski definition) is 0. The van der Waals surface area contributed by atoms with Gasteiger partial charge in [-0.2, -0.15) is 0 Å². The SMILES string of the molecule is CCCCCC/C=C/CCCCCCCCCCCC(=O)OC[C@H](COP(=O)([O-])OCC[N+](C)(C)C)OC(=O)CCCCCCCCCCCCCCCCCCCCC. The standard InChI is InChI=1S/C50H98NO8P/c1-6-8-10-12-14-16-18-20-22-24-25-27-29-31-33-35-37-39-41-43-50(53)59-48(47-58-60(54,55)57-45-44-51(3,4)5)46-56-49(52)42-40-38-36-34-32-30-28-26-23-21-19-17-15-13-11-9-7-2/h17,19,48H,6-16,18,20-47H2,1-5H3/b19-17+/t48-/m1/s1. The van der Waals surface area contributed by atoms with Gasteiger partial charge in [-0.05, 0) is 38.5 Å². The zero-order chi connectivity index (χ0) is 44.3. The molecule has 0 aromatic carbocycles. The van der Waals surface area contributed by atoms with Crippen LogP contribution in [0, 0.1) is 0 Å². The van der Waals surface area contributed by atoms with Gasteiger partial charge in [-0.25, -0.2) is 0 Å². The Hall–Kier alpha value is -1.25. The Bertz CT molecular complexity index is 1030. The van der Waals surface area contributed by atoms with Gasteiger partial charge >= 0.3 is 11.9 Å². The summed E-state index contributed by atoms with van der Waals surface area (Å²) in [5.74, 6) is -0.822. The Morgan fingerprint density at radius 3 is 1.25 bits per heavy atom. The normalized spacial score (nSPS) is 13.5. The number of carbonyl (C=O) groups excluding carboxylic acids is 2. The van der Waals surface area contributed by atoms with E-state index in [9.17, 15) is 19.0 Å². The van der Waals surface area contributed by atoms with Crippen molar-refractivity contribution in [1.82, 2.24) is 0 Å². The van der Waals surface area contributed by atoms with Crippen molar-refractivity contribution in [3.63, 3.8) is 0 Å². The lowest BCUT2D eigenvalue weighted by Gasteiger charge is -2.28. The van der Waals surface area contributed by atoms with Crippen LogP contribution in [0.5, 0.6) is 0 Å². The van der Waals surface area contributed by atoms with E-state index >= 15 is 0 Å². The fourth-order valence-electron chi connectivity index (χ4n) is 7.30. The number of phosphoric acid groups is 1. The number of phosphoric ester groups is 1. The molecule has 0 radical (unpaired) electrons. The van der Waals surface area contributed by atoms with Crippen LogP contribution in [0.2, 0.25) is 0 Å². The highest BCUT2D eigenvalue weighted by Crippen LogP contribution is 2.38. The van der Waals surface area contributed by atoms with Gasteiger partial charge < -0.3 is 27.9 Å². The monoisotopic (exact) mass is 872 g/mol. The Labute approximate surface area is 371 Å². The molecule has 1 unspecified atom stereocenters. The summed E-state index contributed by atoms with van der Waals surface area (Å²) in [4.78, 5) is 37.7. The van der Waals surface area contributed by atoms with Crippen LogP contribution in [-0.2, 0) is 32.7 Å². The lowest BCUT2D eigenvalue weighted by Crippen LogP contribution is -2.37. The Balaban J connectivity index is 4.23. The minimum atomic E-state index is -4.62. The Morgan fingerprint density at radius 1 is 0.500 bits per heavy atom. The highest BCUT2D eigenvalue weighted by atomic mass is 31.2. The van der Waals surface area contributed by atoms with Crippen LogP contribution in [0.25, 0.3) is 0 Å². The fraction of sp³-hybridized carbons (Fsp3) is 0.920. The topological polar surface area (TPSA) is 111 Å². The van der Waals surface area contributed by atoms with Gasteiger partial charge in [-0.3, -0.25) is 14.2 Å². The molecule has 60 heavy (non-hydrogen) atoms.